The molecule has 6 nitrogen and oxygen atoms in total. The highest BCUT2D eigenvalue weighted by Crippen LogP contribution is 2.27. The fourth-order valence-electron chi connectivity index (χ4n) is 1.31. The number of anilines is 1. The second-order valence-electron chi connectivity index (χ2n) is 3.94. The van der Waals surface area contributed by atoms with Gasteiger partial charge in [-0.3, -0.25) is 5.32 Å². The van der Waals surface area contributed by atoms with Crippen molar-refractivity contribution in [2.24, 2.45) is 0 Å². The molecule has 0 aromatic carbocycles. The molecule has 0 fully saturated rings. The third-order valence-corrected chi connectivity index (χ3v) is 3.83. The summed E-state index contributed by atoms with van der Waals surface area (Å²) in [6, 6.07) is 1.62. The number of thiophene rings is 1. The summed E-state index contributed by atoms with van der Waals surface area (Å²) in [5, 5.41) is 27.4. The summed E-state index contributed by atoms with van der Waals surface area (Å²) in [4.78, 5) is 11.5. The normalized spacial score (nSPS) is 12.1. The molecular formula is C11H14N4O2S2. The Hall–Kier alpha value is -1.51. The smallest absolute Gasteiger partial charge is 0.321 e. The lowest BCUT2D eigenvalue weighted by Crippen LogP contribution is -2.30. The SMILES string of the molecule is CC(O)CCNC(=O)Nc1nnc(-c2ccsc2)s1. The van der Waals surface area contributed by atoms with E-state index in [1.54, 1.807) is 18.3 Å². The Labute approximate surface area is 118 Å². The molecule has 0 bridgehead atoms. The van der Waals surface area contributed by atoms with Crippen LogP contribution in [0.15, 0.2) is 16.8 Å². The van der Waals surface area contributed by atoms with Crippen LogP contribution in [-0.2, 0) is 0 Å². The number of urea groups is 1. The van der Waals surface area contributed by atoms with Crippen molar-refractivity contribution >= 4 is 33.8 Å². The van der Waals surface area contributed by atoms with E-state index in [0.29, 0.717) is 18.1 Å². The molecule has 1 unspecified atom stereocenters. The van der Waals surface area contributed by atoms with Crippen molar-refractivity contribution in [1.29, 1.82) is 0 Å². The van der Waals surface area contributed by atoms with E-state index >= 15 is 0 Å². The second kappa shape index (κ2) is 6.60. The van der Waals surface area contributed by atoms with Crippen molar-refractivity contribution in [1.82, 2.24) is 15.5 Å². The minimum atomic E-state index is -0.424. The lowest BCUT2D eigenvalue weighted by molar-refractivity contribution is 0.184. The van der Waals surface area contributed by atoms with E-state index in [2.05, 4.69) is 20.8 Å². The van der Waals surface area contributed by atoms with E-state index < -0.39 is 6.10 Å². The first kappa shape index (κ1) is 13.9. The Kier molecular flexibility index (Phi) is 4.83. The largest absolute Gasteiger partial charge is 0.393 e. The van der Waals surface area contributed by atoms with Crippen LogP contribution in [0.1, 0.15) is 13.3 Å². The molecule has 2 rings (SSSR count). The minimum Gasteiger partial charge on any atom is -0.393 e. The number of nitrogens with one attached hydrogen (secondary N) is 2. The molecule has 0 saturated heterocycles. The lowest BCUT2D eigenvalue weighted by Gasteiger charge is -2.06. The maximum Gasteiger partial charge on any atom is 0.321 e. The van der Waals surface area contributed by atoms with Gasteiger partial charge in [-0.1, -0.05) is 11.3 Å². The van der Waals surface area contributed by atoms with Gasteiger partial charge < -0.3 is 10.4 Å². The minimum absolute atomic E-state index is 0.339. The maximum atomic E-state index is 11.5. The van der Waals surface area contributed by atoms with Crippen molar-refractivity contribution < 1.29 is 9.90 Å². The van der Waals surface area contributed by atoms with Gasteiger partial charge in [-0.25, -0.2) is 4.79 Å². The van der Waals surface area contributed by atoms with Crippen molar-refractivity contribution in [3.8, 4) is 10.6 Å². The molecule has 2 aromatic rings. The number of rotatable bonds is 5. The Morgan fingerprint density at radius 1 is 1.53 bits per heavy atom. The Bertz CT molecular complexity index is 525. The number of hydrogen-bond acceptors (Lipinski definition) is 6. The van der Waals surface area contributed by atoms with Gasteiger partial charge in [-0.15, -0.1) is 10.2 Å². The molecule has 0 radical (unpaired) electrons. The highest BCUT2D eigenvalue weighted by atomic mass is 32.1. The van der Waals surface area contributed by atoms with Crippen molar-refractivity contribution in [2.45, 2.75) is 19.4 Å². The number of aliphatic hydroxyl groups is 1. The van der Waals surface area contributed by atoms with Gasteiger partial charge in [0.15, 0.2) is 0 Å². The molecule has 0 aliphatic carbocycles. The third kappa shape index (κ3) is 4.27. The molecule has 19 heavy (non-hydrogen) atoms. The predicted molar refractivity (Wildman–Crippen MR) is 76.5 cm³/mol. The van der Waals surface area contributed by atoms with Gasteiger partial charge in [0.1, 0.15) is 5.01 Å². The highest BCUT2D eigenvalue weighted by Gasteiger charge is 2.09. The Morgan fingerprint density at radius 3 is 3.05 bits per heavy atom. The Balaban J connectivity index is 1.84. The van der Waals surface area contributed by atoms with Gasteiger partial charge in [0, 0.05) is 17.5 Å². The number of aliphatic hydroxyl groups excluding tert-OH is 1. The van der Waals surface area contributed by atoms with Crippen LogP contribution >= 0.6 is 22.7 Å². The van der Waals surface area contributed by atoms with Crippen LogP contribution < -0.4 is 10.6 Å². The first-order valence-electron chi connectivity index (χ1n) is 5.74. The van der Waals surface area contributed by atoms with Gasteiger partial charge in [-0.2, -0.15) is 11.3 Å². The zero-order valence-corrected chi connectivity index (χ0v) is 11.9. The van der Waals surface area contributed by atoms with E-state index in [-0.39, 0.29) is 6.03 Å². The van der Waals surface area contributed by atoms with Crippen LogP contribution in [0.5, 0.6) is 0 Å². The molecule has 0 saturated carbocycles. The molecule has 0 aliphatic rings. The number of nitrogens with zero attached hydrogens (tertiary/aromatic N) is 2. The van der Waals surface area contributed by atoms with E-state index in [9.17, 15) is 4.79 Å². The summed E-state index contributed by atoms with van der Waals surface area (Å²) in [6.45, 7) is 2.09. The van der Waals surface area contributed by atoms with Crippen LogP contribution in [0.2, 0.25) is 0 Å². The summed E-state index contributed by atoms with van der Waals surface area (Å²) < 4.78 is 0. The van der Waals surface area contributed by atoms with Gasteiger partial charge in [0.2, 0.25) is 5.13 Å². The highest BCUT2D eigenvalue weighted by molar-refractivity contribution is 7.19. The first-order valence-corrected chi connectivity index (χ1v) is 7.50. The molecule has 2 aromatic heterocycles. The van der Waals surface area contributed by atoms with Crippen molar-refractivity contribution in [3.05, 3.63) is 16.8 Å². The van der Waals surface area contributed by atoms with Crippen LogP contribution in [0, 0.1) is 0 Å². The summed E-state index contributed by atoms with van der Waals surface area (Å²) in [6.07, 6.45) is 0.0935. The third-order valence-electron chi connectivity index (χ3n) is 2.26. The fourth-order valence-corrected chi connectivity index (χ4v) is 2.76. The molecule has 2 heterocycles. The number of carbonyl (C=O) groups excluding carboxylic acids is 1. The molecule has 2 amide bonds. The van der Waals surface area contributed by atoms with Gasteiger partial charge in [-0.05, 0) is 24.8 Å². The van der Waals surface area contributed by atoms with Crippen molar-refractivity contribution in [2.75, 3.05) is 11.9 Å². The monoisotopic (exact) mass is 298 g/mol. The zero-order chi connectivity index (χ0) is 13.7. The van der Waals surface area contributed by atoms with E-state index in [4.69, 9.17) is 5.11 Å². The summed E-state index contributed by atoms with van der Waals surface area (Å²) in [5.74, 6) is 0. The average molecular weight is 298 g/mol. The van der Waals surface area contributed by atoms with E-state index in [1.807, 2.05) is 16.8 Å². The summed E-state index contributed by atoms with van der Waals surface area (Å²) in [7, 11) is 0. The standard InChI is InChI=1S/C11H14N4O2S2/c1-7(16)2-4-12-10(17)13-11-15-14-9(19-11)8-3-5-18-6-8/h3,5-7,16H,2,4H2,1H3,(H2,12,13,15,17). The lowest BCUT2D eigenvalue weighted by atomic mass is 10.3. The molecule has 8 heteroatoms. The number of hydrogen-bond donors (Lipinski definition) is 3. The van der Waals surface area contributed by atoms with Crippen LogP contribution in [0.25, 0.3) is 10.6 Å². The summed E-state index contributed by atoms with van der Waals surface area (Å²) in [5.41, 5.74) is 1.00. The number of aromatic nitrogens is 2. The molecule has 102 valence electrons. The fraction of sp³-hybridized carbons (Fsp3) is 0.364. The van der Waals surface area contributed by atoms with Gasteiger partial charge in [0.05, 0.1) is 6.10 Å². The first-order chi connectivity index (χ1) is 9.15. The van der Waals surface area contributed by atoms with E-state index in [1.165, 1.54) is 11.3 Å². The zero-order valence-electron chi connectivity index (χ0n) is 10.3. The number of amides is 2. The molecule has 3 N–H and O–H groups in total. The van der Waals surface area contributed by atoms with Crippen LogP contribution in [0.3, 0.4) is 0 Å². The molecular weight excluding hydrogens is 284 g/mol. The van der Waals surface area contributed by atoms with Crippen LogP contribution in [0.4, 0.5) is 9.93 Å². The average Bonchev–Trinajstić information content (AvgIpc) is 2.97. The quantitative estimate of drug-likeness (QED) is 0.789. The van der Waals surface area contributed by atoms with Crippen LogP contribution in [-0.4, -0.2) is 34.0 Å². The van der Waals surface area contributed by atoms with Gasteiger partial charge in [0.25, 0.3) is 0 Å². The second-order valence-corrected chi connectivity index (χ2v) is 5.70. The Morgan fingerprint density at radius 2 is 2.37 bits per heavy atom. The van der Waals surface area contributed by atoms with Gasteiger partial charge >= 0.3 is 6.03 Å². The maximum absolute atomic E-state index is 11.5. The molecule has 0 spiro atoms. The molecule has 0 aliphatic heterocycles. The van der Waals surface area contributed by atoms with Crippen molar-refractivity contribution in [3.63, 3.8) is 0 Å². The number of carbonyl (C=O) groups is 1. The van der Waals surface area contributed by atoms with E-state index in [0.717, 1.165) is 10.6 Å². The summed E-state index contributed by atoms with van der Waals surface area (Å²) >= 11 is 2.91. The molecule has 1 atom stereocenters. The topological polar surface area (TPSA) is 87.1 Å². The predicted octanol–water partition coefficient (Wildman–Crippen LogP) is 2.16.